The molecule has 0 saturated heterocycles. The van der Waals surface area contributed by atoms with Gasteiger partial charge in [0.2, 0.25) is 0 Å². The second kappa shape index (κ2) is 5.85. The average molecular weight is 289 g/mol. The number of para-hydroxylation sites is 1. The lowest BCUT2D eigenvalue weighted by Crippen LogP contribution is -2.53. The zero-order chi connectivity index (χ0) is 15.6. The molecule has 1 aromatic carbocycles. The Morgan fingerprint density at radius 1 is 1.38 bits per heavy atom. The number of aromatic nitrogens is 2. The van der Waals surface area contributed by atoms with Gasteiger partial charge in [-0.1, -0.05) is 18.2 Å². The van der Waals surface area contributed by atoms with Crippen molar-refractivity contribution in [3.63, 3.8) is 0 Å². The molecule has 0 aliphatic heterocycles. The number of aliphatic carboxylic acids is 1. The van der Waals surface area contributed by atoms with Crippen molar-refractivity contribution in [1.82, 2.24) is 15.1 Å². The van der Waals surface area contributed by atoms with Gasteiger partial charge in [0.05, 0.1) is 17.8 Å². The molecule has 1 heterocycles. The number of fused-ring (bicyclic) bond motifs is 1. The highest BCUT2D eigenvalue weighted by atomic mass is 16.4. The SMILES string of the molecule is CC(C)NC(C)(CC(C)n1ncc2ccccc21)C(=O)O. The third kappa shape index (κ3) is 3.24. The second-order valence-electron chi connectivity index (χ2n) is 6.14. The summed E-state index contributed by atoms with van der Waals surface area (Å²) in [7, 11) is 0. The highest BCUT2D eigenvalue weighted by molar-refractivity contribution is 5.79. The van der Waals surface area contributed by atoms with Gasteiger partial charge in [-0.25, -0.2) is 0 Å². The summed E-state index contributed by atoms with van der Waals surface area (Å²) in [6.45, 7) is 7.64. The van der Waals surface area contributed by atoms with E-state index in [0.29, 0.717) is 6.42 Å². The molecule has 0 aliphatic rings. The van der Waals surface area contributed by atoms with Crippen molar-refractivity contribution in [2.45, 2.75) is 51.7 Å². The fraction of sp³-hybridized carbons (Fsp3) is 0.500. The third-order valence-corrected chi connectivity index (χ3v) is 3.71. The van der Waals surface area contributed by atoms with Crippen molar-refractivity contribution in [2.75, 3.05) is 0 Å². The molecule has 0 spiro atoms. The molecule has 2 rings (SSSR count). The highest BCUT2D eigenvalue weighted by Gasteiger charge is 2.35. The number of rotatable bonds is 6. The number of carboxylic acid groups (broad SMARTS) is 1. The number of hydrogen-bond donors (Lipinski definition) is 2. The Bertz CT molecular complexity index is 635. The number of benzene rings is 1. The Labute approximate surface area is 125 Å². The minimum atomic E-state index is -0.972. The van der Waals surface area contributed by atoms with Crippen LogP contribution >= 0.6 is 0 Å². The molecule has 2 unspecified atom stereocenters. The second-order valence-corrected chi connectivity index (χ2v) is 6.14. The van der Waals surface area contributed by atoms with Gasteiger partial charge in [-0.15, -0.1) is 0 Å². The molecular weight excluding hydrogens is 266 g/mol. The lowest BCUT2D eigenvalue weighted by atomic mass is 9.92. The minimum Gasteiger partial charge on any atom is -0.480 e. The van der Waals surface area contributed by atoms with Crippen LogP contribution in [0.3, 0.4) is 0 Å². The van der Waals surface area contributed by atoms with E-state index in [1.807, 2.05) is 55.9 Å². The van der Waals surface area contributed by atoms with Crippen molar-refractivity contribution in [3.8, 4) is 0 Å². The van der Waals surface area contributed by atoms with Gasteiger partial charge in [-0.3, -0.25) is 14.8 Å². The van der Waals surface area contributed by atoms with Crippen LogP contribution in [0.2, 0.25) is 0 Å². The van der Waals surface area contributed by atoms with E-state index in [4.69, 9.17) is 0 Å². The van der Waals surface area contributed by atoms with Crippen molar-refractivity contribution in [3.05, 3.63) is 30.5 Å². The zero-order valence-electron chi connectivity index (χ0n) is 13.0. The van der Waals surface area contributed by atoms with E-state index >= 15 is 0 Å². The normalized spacial score (nSPS) is 16.0. The van der Waals surface area contributed by atoms with Gasteiger partial charge in [0.15, 0.2) is 0 Å². The van der Waals surface area contributed by atoms with Gasteiger partial charge in [-0.2, -0.15) is 5.10 Å². The van der Waals surface area contributed by atoms with E-state index < -0.39 is 11.5 Å². The highest BCUT2D eigenvalue weighted by Crippen LogP contribution is 2.25. The summed E-state index contributed by atoms with van der Waals surface area (Å²) in [5.41, 5.74) is 0.0583. The zero-order valence-corrected chi connectivity index (χ0v) is 13.0. The van der Waals surface area contributed by atoms with Crippen molar-refractivity contribution < 1.29 is 9.90 Å². The summed E-state index contributed by atoms with van der Waals surface area (Å²) in [6, 6.07) is 8.04. The van der Waals surface area contributed by atoms with Crippen molar-refractivity contribution >= 4 is 16.9 Å². The van der Waals surface area contributed by atoms with Crippen LogP contribution < -0.4 is 5.32 Å². The van der Waals surface area contributed by atoms with Gasteiger partial charge < -0.3 is 5.11 Å². The predicted molar refractivity (Wildman–Crippen MR) is 83.4 cm³/mol. The topological polar surface area (TPSA) is 67.2 Å². The van der Waals surface area contributed by atoms with Gasteiger partial charge in [-0.05, 0) is 40.2 Å². The number of carboxylic acids is 1. The van der Waals surface area contributed by atoms with Crippen LogP contribution in [0.25, 0.3) is 10.9 Å². The molecule has 5 heteroatoms. The van der Waals surface area contributed by atoms with E-state index in [1.54, 1.807) is 6.92 Å². The Hall–Kier alpha value is -1.88. The van der Waals surface area contributed by atoms with E-state index in [2.05, 4.69) is 10.4 Å². The van der Waals surface area contributed by atoms with Crippen LogP contribution in [0.4, 0.5) is 0 Å². The Morgan fingerprint density at radius 2 is 2.05 bits per heavy atom. The third-order valence-electron chi connectivity index (χ3n) is 3.71. The van der Waals surface area contributed by atoms with Crippen LogP contribution in [0.1, 0.15) is 40.2 Å². The first-order valence-corrected chi connectivity index (χ1v) is 7.27. The summed E-state index contributed by atoms with van der Waals surface area (Å²) < 4.78 is 1.90. The molecule has 2 atom stereocenters. The molecule has 0 saturated carbocycles. The molecule has 5 nitrogen and oxygen atoms in total. The van der Waals surface area contributed by atoms with Gasteiger partial charge in [0.1, 0.15) is 5.54 Å². The van der Waals surface area contributed by atoms with Crippen LogP contribution in [0.15, 0.2) is 30.5 Å². The lowest BCUT2D eigenvalue weighted by molar-refractivity contribution is -0.145. The molecule has 1 aromatic heterocycles. The molecule has 114 valence electrons. The van der Waals surface area contributed by atoms with E-state index in [1.165, 1.54) is 0 Å². The molecule has 0 amide bonds. The summed E-state index contributed by atoms with van der Waals surface area (Å²) in [5.74, 6) is -0.834. The smallest absolute Gasteiger partial charge is 0.323 e. The fourth-order valence-corrected chi connectivity index (χ4v) is 2.87. The molecule has 0 aliphatic carbocycles. The Morgan fingerprint density at radius 3 is 2.67 bits per heavy atom. The number of carbonyl (C=O) groups is 1. The monoisotopic (exact) mass is 289 g/mol. The quantitative estimate of drug-likeness (QED) is 0.858. The molecule has 2 aromatic rings. The average Bonchev–Trinajstić information content (AvgIpc) is 2.81. The van der Waals surface area contributed by atoms with Crippen LogP contribution in [-0.4, -0.2) is 32.4 Å². The Kier molecular flexibility index (Phi) is 4.32. The van der Waals surface area contributed by atoms with Crippen LogP contribution in [0, 0.1) is 0 Å². The first kappa shape index (κ1) is 15.5. The van der Waals surface area contributed by atoms with Gasteiger partial charge in [0, 0.05) is 11.4 Å². The van der Waals surface area contributed by atoms with E-state index in [-0.39, 0.29) is 12.1 Å². The van der Waals surface area contributed by atoms with Crippen molar-refractivity contribution in [1.29, 1.82) is 0 Å². The van der Waals surface area contributed by atoms with E-state index in [0.717, 1.165) is 10.9 Å². The molecule has 0 bridgehead atoms. The number of nitrogens with one attached hydrogen (secondary N) is 1. The van der Waals surface area contributed by atoms with Crippen molar-refractivity contribution in [2.24, 2.45) is 0 Å². The molecular formula is C16H23N3O2. The van der Waals surface area contributed by atoms with Gasteiger partial charge >= 0.3 is 5.97 Å². The first-order valence-electron chi connectivity index (χ1n) is 7.27. The fourth-order valence-electron chi connectivity index (χ4n) is 2.87. The molecule has 0 fully saturated rings. The lowest BCUT2D eigenvalue weighted by Gasteiger charge is -2.31. The van der Waals surface area contributed by atoms with E-state index in [9.17, 15) is 9.90 Å². The molecule has 21 heavy (non-hydrogen) atoms. The van der Waals surface area contributed by atoms with Crippen LogP contribution in [0.5, 0.6) is 0 Å². The summed E-state index contributed by atoms with van der Waals surface area (Å²) in [6.07, 6.45) is 2.28. The Balaban J connectivity index is 2.27. The summed E-state index contributed by atoms with van der Waals surface area (Å²) >= 11 is 0. The van der Waals surface area contributed by atoms with Gasteiger partial charge in [0.25, 0.3) is 0 Å². The minimum absolute atomic E-state index is 0.0164. The molecule has 0 radical (unpaired) electrons. The number of nitrogens with zero attached hydrogens (tertiary/aromatic N) is 2. The molecule has 2 N–H and O–H groups in total. The summed E-state index contributed by atoms with van der Waals surface area (Å²) in [4.78, 5) is 11.6. The standard InChI is InChI=1S/C16H23N3O2/c1-11(2)18-16(4,15(20)21)9-12(3)19-14-8-6-5-7-13(14)10-17-19/h5-8,10-12,18H,9H2,1-4H3,(H,20,21). The predicted octanol–water partition coefficient (Wildman–Crippen LogP) is 2.83. The maximum absolute atomic E-state index is 11.6. The largest absolute Gasteiger partial charge is 0.480 e. The first-order chi connectivity index (χ1) is 9.83. The maximum Gasteiger partial charge on any atom is 0.323 e. The number of hydrogen-bond acceptors (Lipinski definition) is 3. The summed E-state index contributed by atoms with van der Waals surface area (Å²) in [5, 5.41) is 18.2. The maximum atomic E-state index is 11.6. The van der Waals surface area contributed by atoms with Crippen LogP contribution in [-0.2, 0) is 4.79 Å².